The van der Waals surface area contributed by atoms with Gasteiger partial charge in [-0.1, -0.05) is 36.9 Å². The molecule has 0 saturated carbocycles. The zero-order chi connectivity index (χ0) is 26.4. The van der Waals surface area contributed by atoms with E-state index in [4.69, 9.17) is 4.74 Å². The fourth-order valence-corrected chi connectivity index (χ4v) is 4.66. The molecule has 1 atom stereocenters. The van der Waals surface area contributed by atoms with Crippen LogP contribution in [0.4, 0.5) is 23.5 Å². The number of benzene rings is 1. The van der Waals surface area contributed by atoms with E-state index in [1.807, 2.05) is 53.6 Å². The molecule has 3 aromatic heterocycles. The SMILES string of the molecule is C=C(c1ccccc1)c1cnc(N2CCN(c3ncnc(Nc4cnn(C[C@@H]5CNCCO5)c4)n3)CC2)nc1. The molecule has 0 radical (unpaired) electrons. The number of aromatic nitrogens is 7. The van der Waals surface area contributed by atoms with Crippen molar-refractivity contribution in [2.45, 2.75) is 12.6 Å². The van der Waals surface area contributed by atoms with Crippen LogP contribution in [0.2, 0.25) is 0 Å². The summed E-state index contributed by atoms with van der Waals surface area (Å²) in [5.41, 5.74) is 3.71. The standard InChI is InChI=1S/C27H31N11O/c1-20(21-5-3-2-4-6-21)22-13-29-26(30-14-22)36-8-10-37(11-9-36)27-32-19-31-25(35-27)34-23-15-33-38(17-23)18-24-16-28-7-12-39-24/h2-6,13-15,17,19,24,28H,1,7-12,16,18H2,(H,31,32,34,35)/t24-/m0/s1. The lowest BCUT2D eigenvalue weighted by atomic mass is 10.0. The number of morpholine rings is 1. The van der Waals surface area contributed by atoms with Gasteiger partial charge in [0.05, 0.1) is 31.1 Å². The number of rotatable bonds is 8. The van der Waals surface area contributed by atoms with Crippen LogP contribution in [0.25, 0.3) is 5.57 Å². The zero-order valence-electron chi connectivity index (χ0n) is 21.6. The predicted molar refractivity (Wildman–Crippen MR) is 149 cm³/mol. The summed E-state index contributed by atoms with van der Waals surface area (Å²) >= 11 is 0. The van der Waals surface area contributed by atoms with Gasteiger partial charge >= 0.3 is 0 Å². The number of hydrogen-bond acceptors (Lipinski definition) is 11. The molecular formula is C27H31N11O. The molecule has 2 aliphatic rings. The fourth-order valence-electron chi connectivity index (χ4n) is 4.66. The molecule has 12 heteroatoms. The van der Waals surface area contributed by atoms with Crippen LogP contribution in [0.1, 0.15) is 11.1 Å². The van der Waals surface area contributed by atoms with Gasteiger partial charge in [-0.25, -0.2) is 19.9 Å². The lowest BCUT2D eigenvalue weighted by Gasteiger charge is -2.34. The van der Waals surface area contributed by atoms with Crippen LogP contribution in [0.5, 0.6) is 0 Å². The van der Waals surface area contributed by atoms with Crippen LogP contribution >= 0.6 is 0 Å². The second-order valence-electron chi connectivity index (χ2n) is 9.47. The van der Waals surface area contributed by atoms with Gasteiger partial charge in [-0.15, -0.1) is 0 Å². The van der Waals surface area contributed by atoms with E-state index in [0.29, 0.717) is 24.4 Å². The highest BCUT2D eigenvalue weighted by Gasteiger charge is 2.22. The molecule has 0 spiro atoms. The molecule has 0 unspecified atom stereocenters. The molecule has 200 valence electrons. The third-order valence-electron chi connectivity index (χ3n) is 6.80. The summed E-state index contributed by atoms with van der Waals surface area (Å²) in [4.78, 5) is 26.9. The maximum absolute atomic E-state index is 5.76. The van der Waals surface area contributed by atoms with E-state index in [1.54, 1.807) is 6.20 Å². The zero-order valence-corrected chi connectivity index (χ0v) is 21.6. The van der Waals surface area contributed by atoms with Crippen molar-refractivity contribution in [2.24, 2.45) is 0 Å². The minimum atomic E-state index is 0.117. The van der Waals surface area contributed by atoms with E-state index >= 15 is 0 Å². The average molecular weight is 526 g/mol. The molecule has 4 aromatic rings. The Morgan fingerprint density at radius 1 is 0.949 bits per heavy atom. The van der Waals surface area contributed by atoms with Crippen molar-refractivity contribution in [3.8, 4) is 0 Å². The first kappa shape index (κ1) is 24.9. The van der Waals surface area contributed by atoms with Gasteiger partial charge in [0.2, 0.25) is 17.8 Å². The van der Waals surface area contributed by atoms with Crippen LogP contribution in [-0.4, -0.2) is 86.7 Å². The Kier molecular flexibility index (Phi) is 7.36. The summed E-state index contributed by atoms with van der Waals surface area (Å²) in [5.74, 6) is 1.83. The highest BCUT2D eigenvalue weighted by atomic mass is 16.5. The van der Waals surface area contributed by atoms with E-state index in [-0.39, 0.29) is 6.10 Å². The Hall–Kier alpha value is -4.42. The molecule has 0 amide bonds. The van der Waals surface area contributed by atoms with Gasteiger partial charge < -0.3 is 25.2 Å². The van der Waals surface area contributed by atoms with Crippen LogP contribution in [-0.2, 0) is 11.3 Å². The Labute approximate surface area is 226 Å². The Bertz CT molecular complexity index is 1380. The van der Waals surface area contributed by atoms with Gasteiger partial charge in [-0.2, -0.15) is 10.1 Å². The molecule has 2 N–H and O–H groups in total. The van der Waals surface area contributed by atoms with E-state index in [0.717, 1.165) is 68.3 Å². The van der Waals surface area contributed by atoms with Crippen molar-refractivity contribution in [3.63, 3.8) is 0 Å². The number of anilines is 4. The van der Waals surface area contributed by atoms with Gasteiger partial charge in [-0.05, 0) is 11.1 Å². The monoisotopic (exact) mass is 525 g/mol. The first-order chi connectivity index (χ1) is 19.2. The van der Waals surface area contributed by atoms with Crippen molar-refractivity contribution in [3.05, 3.63) is 79.2 Å². The van der Waals surface area contributed by atoms with Gasteiger partial charge in [-0.3, -0.25) is 4.68 Å². The maximum Gasteiger partial charge on any atom is 0.232 e. The summed E-state index contributed by atoms with van der Waals surface area (Å²) < 4.78 is 7.63. The Balaban J connectivity index is 1.03. The number of hydrogen-bond donors (Lipinski definition) is 2. The van der Waals surface area contributed by atoms with Gasteiger partial charge in [0, 0.05) is 63.4 Å². The number of ether oxygens (including phenoxy) is 1. The van der Waals surface area contributed by atoms with E-state index in [1.165, 1.54) is 6.33 Å². The fraction of sp³-hybridized carbons (Fsp3) is 0.333. The predicted octanol–water partition coefficient (Wildman–Crippen LogP) is 1.98. The number of nitrogens with one attached hydrogen (secondary N) is 2. The molecule has 5 heterocycles. The van der Waals surface area contributed by atoms with Crippen molar-refractivity contribution < 1.29 is 4.74 Å². The summed E-state index contributed by atoms with van der Waals surface area (Å²) in [6.45, 7) is 10.4. The first-order valence-electron chi connectivity index (χ1n) is 13.1. The molecule has 2 aliphatic heterocycles. The second kappa shape index (κ2) is 11.5. The maximum atomic E-state index is 5.76. The van der Waals surface area contributed by atoms with Crippen molar-refractivity contribution in [1.82, 2.24) is 40.0 Å². The Morgan fingerprint density at radius 2 is 1.72 bits per heavy atom. The van der Waals surface area contributed by atoms with E-state index < -0.39 is 0 Å². The summed E-state index contributed by atoms with van der Waals surface area (Å²) in [7, 11) is 0. The highest BCUT2D eigenvalue weighted by Crippen LogP contribution is 2.22. The van der Waals surface area contributed by atoms with Crippen molar-refractivity contribution >= 4 is 29.1 Å². The quantitative estimate of drug-likeness (QED) is 0.351. The summed E-state index contributed by atoms with van der Waals surface area (Å²) in [6, 6.07) is 10.1. The van der Waals surface area contributed by atoms with Gasteiger partial charge in [0.1, 0.15) is 6.33 Å². The van der Waals surface area contributed by atoms with Crippen LogP contribution in [0, 0.1) is 0 Å². The number of nitrogens with zero attached hydrogens (tertiary/aromatic N) is 9. The lowest BCUT2D eigenvalue weighted by Crippen LogP contribution is -2.47. The van der Waals surface area contributed by atoms with E-state index in [2.05, 4.69) is 57.0 Å². The molecule has 0 aliphatic carbocycles. The molecule has 2 saturated heterocycles. The first-order valence-corrected chi connectivity index (χ1v) is 13.1. The average Bonchev–Trinajstić information content (AvgIpc) is 3.44. The van der Waals surface area contributed by atoms with E-state index in [9.17, 15) is 0 Å². The summed E-state index contributed by atoms with van der Waals surface area (Å²) in [6.07, 6.45) is 9.03. The molecule has 1 aromatic carbocycles. The van der Waals surface area contributed by atoms with Crippen LogP contribution in [0.3, 0.4) is 0 Å². The molecular weight excluding hydrogens is 494 g/mol. The van der Waals surface area contributed by atoms with Gasteiger partial charge in [0.15, 0.2) is 0 Å². The summed E-state index contributed by atoms with van der Waals surface area (Å²) in [5, 5.41) is 11.0. The lowest BCUT2D eigenvalue weighted by molar-refractivity contribution is 0.0161. The highest BCUT2D eigenvalue weighted by molar-refractivity contribution is 5.77. The Morgan fingerprint density at radius 3 is 2.46 bits per heavy atom. The van der Waals surface area contributed by atoms with Gasteiger partial charge in [0.25, 0.3) is 0 Å². The molecule has 6 rings (SSSR count). The second-order valence-corrected chi connectivity index (χ2v) is 9.47. The largest absolute Gasteiger partial charge is 0.374 e. The van der Waals surface area contributed by atoms with Crippen molar-refractivity contribution in [2.75, 3.05) is 61.0 Å². The third kappa shape index (κ3) is 6.02. The molecule has 39 heavy (non-hydrogen) atoms. The number of piperazine rings is 1. The molecule has 12 nitrogen and oxygen atoms in total. The minimum Gasteiger partial charge on any atom is -0.374 e. The minimum absolute atomic E-state index is 0.117. The van der Waals surface area contributed by atoms with Crippen LogP contribution in [0.15, 0.2) is 68.0 Å². The van der Waals surface area contributed by atoms with Crippen LogP contribution < -0.4 is 20.4 Å². The van der Waals surface area contributed by atoms with Crippen molar-refractivity contribution in [1.29, 1.82) is 0 Å². The normalized spacial score (nSPS) is 17.7. The smallest absolute Gasteiger partial charge is 0.232 e. The molecule has 2 fully saturated rings. The molecule has 0 bridgehead atoms. The third-order valence-corrected chi connectivity index (χ3v) is 6.80. The topological polar surface area (TPSA) is 122 Å².